The number of rotatable bonds is 12. The van der Waals surface area contributed by atoms with Gasteiger partial charge in [-0.05, 0) is 62.6 Å². The lowest BCUT2D eigenvalue weighted by Crippen LogP contribution is -2.49. The summed E-state index contributed by atoms with van der Waals surface area (Å²) in [6, 6.07) is 5.52. The van der Waals surface area contributed by atoms with E-state index < -0.39 is 79.7 Å². The van der Waals surface area contributed by atoms with Gasteiger partial charge in [-0.2, -0.15) is 0 Å². The van der Waals surface area contributed by atoms with Crippen molar-refractivity contribution in [2.45, 2.75) is 42.7 Å². The van der Waals surface area contributed by atoms with E-state index in [2.05, 4.69) is 31.4 Å². The van der Waals surface area contributed by atoms with Crippen LogP contribution in [0.5, 0.6) is 0 Å². The molecule has 0 atom stereocenters. The number of fused-ring (bicyclic) bond motifs is 1. The summed E-state index contributed by atoms with van der Waals surface area (Å²) < 4.78 is 85.8. The summed E-state index contributed by atoms with van der Waals surface area (Å²) in [7, 11) is -2.63. The highest BCUT2D eigenvalue weighted by molar-refractivity contribution is 7.92. The first-order valence-electron chi connectivity index (χ1n) is 19.3. The number of halogens is 4. The van der Waals surface area contributed by atoms with Crippen LogP contribution < -0.4 is 10.5 Å². The summed E-state index contributed by atoms with van der Waals surface area (Å²) in [5.41, 5.74) is 7.38. The lowest BCUT2D eigenvalue weighted by atomic mass is 9.89. The molecule has 2 aromatic carbocycles. The summed E-state index contributed by atoms with van der Waals surface area (Å²) in [5.74, 6) is -13.7. The first kappa shape index (κ1) is 53.6. The second-order valence-electron chi connectivity index (χ2n) is 14.2. The van der Waals surface area contributed by atoms with Crippen LogP contribution in [0, 0.1) is 23.3 Å². The second-order valence-corrected chi connectivity index (χ2v) is 15.9. The largest absolute Gasteiger partial charge is 0.478 e. The maximum absolute atomic E-state index is 15.3. The first-order chi connectivity index (χ1) is 31.4. The highest BCUT2D eigenvalue weighted by Crippen LogP contribution is 2.40. The summed E-state index contributed by atoms with van der Waals surface area (Å²) in [4.78, 5) is 69.7. The second kappa shape index (κ2) is 24.5. The molecule has 9 N–H and O–H groups in total. The number of nitrogens with two attached hydrogens (primary N) is 1. The molecule has 0 bridgehead atoms. The van der Waals surface area contributed by atoms with E-state index in [1.54, 1.807) is 0 Å². The number of carboxylic acid groups (broad SMARTS) is 6. The van der Waals surface area contributed by atoms with Gasteiger partial charge >= 0.3 is 35.8 Å². The Hall–Kier alpha value is -7.71. The van der Waals surface area contributed by atoms with Gasteiger partial charge in [-0.15, -0.1) is 0 Å². The van der Waals surface area contributed by atoms with Gasteiger partial charge in [0.05, 0.1) is 11.1 Å². The minimum Gasteiger partial charge on any atom is -0.478 e. The number of carboxylic acids is 6. The molecule has 4 aromatic rings. The monoisotopic (exact) mass is 965 g/mol. The number of hydrogen-bond acceptors (Lipinski definition) is 13. The average Bonchev–Trinajstić information content (AvgIpc) is 3.66. The van der Waals surface area contributed by atoms with E-state index in [0.717, 1.165) is 57.9 Å². The van der Waals surface area contributed by atoms with Crippen LogP contribution >= 0.6 is 0 Å². The molecule has 2 aromatic heterocycles. The molecule has 2 aliphatic rings. The Morgan fingerprint density at radius 2 is 1.15 bits per heavy atom. The first-order valence-corrected chi connectivity index (χ1v) is 20.8. The molecule has 360 valence electrons. The summed E-state index contributed by atoms with van der Waals surface area (Å²) >= 11 is 0. The number of hydrogen-bond donors (Lipinski definition) is 8. The van der Waals surface area contributed by atoms with Gasteiger partial charge in [0.25, 0.3) is 10.0 Å². The smallest absolute Gasteiger partial charge is 0.328 e. The number of anilines is 2. The van der Waals surface area contributed by atoms with E-state index in [1.807, 2.05) is 10.9 Å². The van der Waals surface area contributed by atoms with Gasteiger partial charge in [0.2, 0.25) is 0 Å². The molecule has 0 radical (unpaired) electrons. The molecule has 2 fully saturated rings. The fourth-order valence-corrected chi connectivity index (χ4v) is 7.74. The molecule has 67 heavy (non-hydrogen) atoms. The third kappa shape index (κ3) is 16.3. The molecule has 1 aliphatic heterocycles. The fraction of sp³-hybridized carbons (Fsp3) is 0.268. The van der Waals surface area contributed by atoms with E-state index in [4.69, 9.17) is 36.4 Å². The topological polar surface area (TPSA) is 333 Å². The highest BCUT2D eigenvalue weighted by atomic mass is 32.2. The number of aliphatic carboxylic acids is 6. The SMILES string of the molecule is CN1CCN(C2CCC(n3cc(-c4ccc(NS(=O)(=O)c5ccc(F)c(F)c5F)c(F)c4)c4c(N)ncnc43)CC2)CC1.O=C(O)/C=C\C(=O)O.O=C(O)/C=C\C(=O)O.O=C(O)/C=C\C(=O)O. The summed E-state index contributed by atoms with van der Waals surface area (Å²) in [6.45, 7) is 4.28. The zero-order valence-corrected chi connectivity index (χ0v) is 35.8. The van der Waals surface area contributed by atoms with Crippen LogP contribution in [0.25, 0.3) is 22.2 Å². The van der Waals surface area contributed by atoms with Crippen LogP contribution in [0.15, 0.2) is 84.2 Å². The Balaban J connectivity index is 0.000000406. The van der Waals surface area contributed by atoms with Crippen molar-refractivity contribution in [1.82, 2.24) is 24.3 Å². The molecule has 1 saturated carbocycles. The van der Waals surface area contributed by atoms with Gasteiger partial charge in [-0.3, -0.25) is 9.62 Å². The Labute approximate surface area is 377 Å². The lowest BCUT2D eigenvalue weighted by molar-refractivity contribution is -0.134. The molecular weight excluding hydrogens is 923 g/mol. The van der Waals surface area contributed by atoms with Crippen molar-refractivity contribution in [2.24, 2.45) is 0 Å². The quantitative estimate of drug-likeness (QED) is 0.0567. The van der Waals surface area contributed by atoms with Gasteiger partial charge in [0, 0.05) is 86.5 Å². The fourth-order valence-electron chi connectivity index (χ4n) is 6.60. The minimum absolute atomic E-state index is 0.163. The Morgan fingerprint density at radius 3 is 1.61 bits per heavy atom. The molecule has 6 rings (SSSR count). The molecular formula is C41H43F4N7O14S. The number of piperazine rings is 1. The van der Waals surface area contributed by atoms with E-state index in [-0.39, 0.29) is 11.9 Å². The van der Waals surface area contributed by atoms with Crippen molar-refractivity contribution in [3.8, 4) is 11.1 Å². The maximum atomic E-state index is 15.3. The molecule has 21 nitrogen and oxygen atoms in total. The summed E-state index contributed by atoms with van der Waals surface area (Å²) in [6.07, 6.45) is 10.6. The van der Waals surface area contributed by atoms with Gasteiger partial charge < -0.3 is 45.8 Å². The summed E-state index contributed by atoms with van der Waals surface area (Å²) in [5, 5.41) is 47.4. The molecule has 1 saturated heterocycles. The van der Waals surface area contributed by atoms with Crippen LogP contribution in [0.4, 0.5) is 29.1 Å². The number of nitrogens with one attached hydrogen (secondary N) is 1. The van der Waals surface area contributed by atoms with Crippen molar-refractivity contribution in [1.29, 1.82) is 0 Å². The molecule has 1 aliphatic carbocycles. The van der Waals surface area contributed by atoms with Crippen molar-refractivity contribution < 1.29 is 85.4 Å². The zero-order chi connectivity index (χ0) is 50.2. The van der Waals surface area contributed by atoms with E-state index in [9.17, 15) is 50.4 Å². The molecule has 26 heteroatoms. The van der Waals surface area contributed by atoms with Crippen LogP contribution in [-0.2, 0) is 38.8 Å². The molecule has 0 unspecified atom stereocenters. The number of sulfonamides is 1. The predicted octanol–water partition coefficient (Wildman–Crippen LogP) is 3.90. The standard InChI is InChI=1S/C29H31F4N7O2S.3C4H4O4/c1-38-10-12-39(13-11-38)18-3-5-19(6-4-18)40-15-20(25-28(34)35-16-36-29(25)40)17-2-8-23(22(31)14-17)37-43(41,42)24-9-7-21(30)26(32)27(24)33;3*5-3(6)1-2-4(7)8/h2,7-9,14-16,18-19,37H,3-6,10-13H2,1H3,(H2,34,35,36);3*1-2H,(H,5,6)(H,7,8)/b;3*2-1-. The lowest BCUT2D eigenvalue weighted by Gasteiger charge is -2.41. The molecule has 0 amide bonds. The molecule has 0 spiro atoms. The van der Waals surface area contributed by atoms with Gasteiger partial charge in [0.15, 0.2) is 17.5 Å². The van der Waals surface area contributed by atoms with Crippen LogP contribution in [0.2, 0.25) is 0 Å². The zero-order valence-electron chi connectivity index (χ0n) is 35.0. The predicted molar refractivity (Wildman–Crippen MR) is 228 cm³/mol. The third-order valence-electron chi connectivity index (χ3n) is 9.67. The number of benzene rings is 2. The molecule has 3 heterocycles. The average molecular weight is 966 g/mol. The Morgan fingerprint density at radius 1 is 0.672 bits per heavy atom. The van der Waals surface area contributed by atoms with E-state index >= 15 is 4.39 Å². The normalized spacial score (nSPS) is 16.6. The van der Waals surface area contributed by atoms with Gasteiger partial charge in [-0.1, -0.05) is 6.07 Å². The maximum Gasteiger partial charge on any atom is 0.328 e. The van der Waals surface area contributed by atoms with Crippen LogP contribution in [0.1, 0.15) is 31.7 Å². The van der Waals surface area contributed by atoms with Crippen molar-refractivity contribution >= 4 is 68.4 Å². The van der Waals surface area contributed by atoms with Gasteiger partial charge in [-0.25, -0.2) is 64.7 Å². The third-order valence-corrected chi connectivity index (χ3v) is 11.1. The van der Waals surface area contributed by atoms with E-state index in [1.165, 1.54) is 18.5 Å². The number of nitrogens with zero attached hydrogens (tertiary/aromatic N) is 5. The Kier molecular flexibility index (Phi) is 19.6. The highest BCUT2D eigenvalue weighted by Gasteiger charge is 2.30. The van der Waals surface area contributed by atoms with Crippen molar-refractivity contribution in [3.05, 3.63) is 103 Å². The van der Waals surface area contributed by atoms with Crippen molar-refractivity contribution in [2.75, 3.05) is 43.7 Å². The van der Waals surface area contributed by atoms with Gasteiger partial charge in [0.1, 0.15) is 28.5 Å². The van der Waals surface area contributed by atoms with Crippen LogP contribution in [-0.4, -0.2) is 138 Å². The number of likely N-dealkylation sites (N-methyl/N-ethyl adjacent to an activating group) is 1. The minimum atomic E-state index is -4.77. The van der Waals surface area contributed by atoms with Crippen LogP contribution in [0.3, 0.4) is 0 Å². The number of aromatic nitrogens is 3. The number of carbonyl (C=O) groups is 6. The number of nitrogen functional groups attached to an aromatic ring is 1. The van der Waals surface area contributed by atoms with Crippen molar-refractivity contribution in [3.63, 3.8) is 0 Å². The Bertz CT molecular complexity index is 2550. The van der Waals surface area contributed by atoms with E-state index in [0.29, 0.717) is 76.8 Å².